The molecule has 0 bridgehead atoms. The van der Waals surface area contributed by atoms with Gasteiger partial charge < -0.3 is 28.9 Å². The second kappa shape index (κ2) is 12.1. The van der Waals surface area contributed by atoms with E-state index in [0.29, 0.717) is 11.2 Å². The summed E-state index contributed by atoms with van der Waals surface area (Å²) >= 11 is 0. The van der Waals surface area contributed by atoms with Crippen LogP contribution in [0.2, 0.25) is 0 Å². The van der Waals surface area contributed by atoms with Crippen LogP contribution in [0.1, 0.15) is 39.0 Å². The molecule has 0 saturated carbocycles. The van der Waals surface area contributed by atoms with Crippen LogP contribution in [0.4, 0.5) is 26.3 Å². The molecule has 2 heterocycles. The molecule has 43 heavy (non-hydrogen) atoms. The number of carbonyl (C=O) groups excluding carboxylic acids is 1. The van der Waals surface area contributed by atoms with Crippen molar-refractivity contribution in [2.24, 2.45) is 7.05 Å². The third-order valence-electron chi connectivity index (χ3n) is 5.99. The number of hydrogen-bond donors (Lipinski definition) is 2. The summed E-state index contributed by atoms with van der Waals surface area (Å²) < 4.78 is 87.2. The van der Waals surface area contributed by atoms with Gasteiger partial charge in [0.2, 0.25) is 10.9 Å². The Morgan fingerprint density at radius 1 is 0.860 bits per heavy atom. The van der Waals surface area contributed by atoms with Gasteiger partial charge in [-0.25, -0.2) is 9.59 Å². The number of aromatic carboxylic acids is 1. The number of halogens is 6. The number of aromatic amines is 1. The number of carboxylic acid groups (broad SMARTS) is 1. The van der Waals surface area contributed by atoms with Crippen LogP contribution in [0.15, 0.2) is 46.0 Å². The predicted molar refractivity (Wildman–Crippen MR) is 140 cm³/mol. The van der Waals surface area contributed by atoms with Crippen LogP contribution in [-0.4, -0.2) is 45.9 Å². The fraction of sp³-hybridized carbons (Fsp3) is 0.259. The molecule has 230 valence electrons. The highest BCUT2D eigenvalue weighted by Gasteiger charge is 2.32. The first-order valence-corrected chi connectivity index (χ1v) is 12.1. The standard InChI is InChI=1S/C15H14F3NO4.C12H8F3NO4/c1-4-22-14(21)12-8(2)19(3)11-6-5-9(23-15(16,17)18)7-10(11)13(12)20;1-5-9(11(18)19)10(17)7-4-6(20-12(13,14)15)2-3-8(7)16-5/h5-7H,4H2,1-3H3;2-4H,1H3,(H,16,17)(H,18,19). The Hall–Kier alpha value is -5.02. The maximum Gasteiger partial charge on any atom is 0.573 e. The molecule has 10 nitrogen and oxygen atoms in total. The summed E-state index contributed by atoms with van der Waals surface area (Å²) in [4.78, 5) is 50.0. The van der Waals surface area contributed by atoms with Crippen molar-refractivity contribution in [3.63, 3.8) is 0 Å². The van der Waals surface area contributed by atoms with Crippen molar-refractivity contribution in [2.75, 3.05) is 6.61 Å². The van der Waals surface area contributed by atoms with Crippen molar-refractivity contribution in [2.45, 2.75) is 33.5 Å². The van der Waals surface area contributed by atoms with Crippen LogP contribution >= 0.6 is 0 Å². The van der Waals surface area contributed by atoms with E-state index < -0.39 is 52.6 Å². The number of fused-ring (bicyclic) bond motifs is 2. The average Bonchev–Trinajstić information content (AvgIpc) is 2.86. The second-order valence-corrected chi connectivity index (χ2v) is 8.81. The maximum absolute atomic E-state index is 12.5. The molecule has 0 radical (unpaired) electrons. The minimum absolute atomic E-state index is 0.0529. The van der Waals surface area contributed by atoms with Gasteiger partial charge in [0.15, 0.2) is 0 Å². The lowest BCUT2D eigenvalue weighted by atomic mass is 10.1. The Morgan fingerprint density at radius 2 is 1.37 bits per heavy atom. The van der Waals surface area contributed by atoms with Crippen molar-refractivity contribution in [1.82, 2.24) is 9.55 Å². The summed E-state index contributed by atoms with van der Waals surface area (Å²) in [5.74, 6) is -3.38. The van der Waals surface area contributed by atoms with Crippen LogP contribution < -0.4 is 20.3 Å². The van der Waals surface area contributed by atoms with Gasteiger partial charge in [0.1, 0.15) is 22.6 Å². The van der Waals surface area contributed by atoms with Crippen molar-refractivity contribution in [1.29, 1.82) is 0 Å². The van der Waals surface area contributed by atoms with Gasteiger partial charge in [-0.15, -0.1) is 26.3 Å². The SMILES string of the molecule is CCOC(=O)c1c(C)n(C)c2ccc(OC(F)(F)F)cc2c1=O.Cc1[nH]c2ccc(OC(F)(F)F)cc2c(=O)c1C(=O)O. The zero-order valence-corrected chi connectivity index (χ0v) is 22.7. The largest absolute Gasteiger partial charge is 0.573 e. The summed E-state index contributed by atoms with van der Waals surface area (Å²) in [6, 6.07) is 6.52. The number of alkyl halides is 6. The van der Waals surface area contributed by atoms with Gasteiger partial charge in [-0.05, 0) is 57.2 Å². The smallest absolute Gasteiger partial charge is 0.477 e. The highest BCUT2D eigenvalue weighted by molar-refractivity contribution is 5.96. The second-order valence-electron chi connectivity index (χ2n) is 8.81. The number of carboxylic acids is 1. The van der Waals surface area contributed by atoms with E-state index in [2.05, 4.69) is 14.5 Å². The van der Waals surface area contributed by atoms with Gasteiger partial charge in [-0.2, -0.15) is 0 Å². The Kier molecular flexibility index (Phi) is 9.12. The Labute approximate surface area is 237 Å². The van der Waals surface area contributed by atoms with Crippen LogP contribution in [0.25, 0.3) is 21.8 Å². The van der Waals surface area contributed by atoms with Gasteiger partial charge in [-0.3, -0.25) is 9.59 Å². The Morgan fingerprint density at radius 3 is 1.88 bits per heavy atom. The number of ether oxygens (including phenoxy) is 3. The number of rotatable bonds is 5. The number of esters is 1. The number of aryl methyl sites for hydroxylation is 2. The molecule has 0 aliphatic rings. The van der Waals surface area contributed by atoms with Crippen LogP contribution in [-0.2, 0) is 11.8 Å². The van der Waals surface area contributed by atoms with E-state index >= 15 is 0 Å². The summed E-state index contributed by atoms with van der Waals surface area (Å²) in [5.41, 5.74) is -1.17. The first-order valence-electron chi connectivity index (χ1n) is 12.1. The molecule has 4 rings (SSSR count). The van der Waals surface area contributed by atoms with Crippen molar-refractivity contribution < 1.29 is 55.2 Å². The van der Waals surface area contributed by atoms with Gasteiger partial charge >= 0.3 is 24.7 Å². The number of nitrogens with one attached hydrogen (secondary N) is 1. The minimum Gasteiger partial charge on any atom is -0.477 e. The average molecular weight is 616 g/mol. The monoisotopic (exact) mass is 616 g/mol. The maximum atomic E-state index is 12.5. The number of benzene rings is 2. The highest BCUT2D eigenvalue weighted by Crippen LogP contribution is 2.27. The predicted octanol–water partition coefficient (Wildman–Crippen LogP) is 5.36. The lowest BCUT2D eigenvalue weighted by Gasteiger charge is -2.15. The first-order chi connectivity index (χ1) is 19.8. The fourth-order valence-electron chi connectivity index (χ4n) is 4.12. The highest BCUT2D eigenvalue weighted by atomic mass is 19.4. The first kappa shape index (κ1) is 32.5. The van der Waals surface area contributed by atoms with E-state index in [0.717, 1.165) is 24.3 Å². The summed E-state index contributed by atoms with van der Waals surface area (Å²) in [6.45, 7) is 4.63. The van der Waals surface area contributed by atoms with Crippen molar-refractivity contribution in [3.8, 4) is 11.5 Å². The fourth-order valence-corrected chi connectivity index (χ4v) is 4.12. The van der Waals surface area contributed by atoms with Gasteiger partial charge in [-0.1, -0.05) is 0 Å². The molecule has 0 fully saturated rings. The number of pyridine rings is 2. The number of aromatic nitrogens is 2. The van der Waals surface area contributed by atoms with Crippen LogP contribution in [0, 0.1) is 13.8 Å². The molecule has 2 aromatic heterocycles. The molecular formula is C27H22F6N2O8. The van der Waals surface area contributed by atoms with Crippen LogP contribution in [0.5, 0.6) is 11.5 Å². The quantitative estimate of drug-likeness (QED) is 0.226. The molecule has 0 aliphatic heterocycles. The molecule has 0 unspecified atom stereocenters. The van der Waals surface area contributed by atoms with Gasteiger partial charge in [0.25, 0.3) is 0 Å². The number of H-pyrrole nitrogens is 1. The van der Waals surface area contributed by atoms with Gasteiger partial charge in [0.05, 0.1) is 22.9 Å². The lowest BCUT2D eigenvalue weighted by molar-refractivity contribution is -0.275. The molecule has 2 N–H and O–H groups in total. The number of hydrogen-bond acceptors (Lipinski definition) is 7. The molecule has 0 spiro atoms. The van der Waals surface area contributed by atoms with E-state index in [1.54, 1.807) is 25.5 Å². The van der Waals surface area contributed by atoms with Crippen molar-refractivity contribution >= 4 is 33.7 Å². The zero-order valence-electron chi connectivity index (χ0n) is 22.7. The number of carbonyl (C=O) groups is 2. The van der Waals surface area contributed by atoms with E-state index in [9.17, 15) is 45.5 Å². The topological polar surface area (TPSA) is 137 Å². The Balaban J connectivity index is 0.000000238. The molecule has 0 atom stereocenters. The summed E-state index contributed by atoms with van der Waals surface area (Å²) in [6.07, 6.45) is -9.76. The van der Waals surface area contributed by atoms with E-state index in [1.807, 2.05) is 0 Å². The lowest BCUT2D eigenvalue weighted by Crippen LogP contribution is -2.23. The summed E-state index contributed by atoms with van der Waals surface area (Å²) in [7, 11) is 1.60. The minimum atomic E-state index is -4.89. The van der Waals surface area contributed by atoms with Crippen LogP contribution in [0.3, 0.4) is 0 Å². The summed E-state index contributed by atoms with van der Waals surface area (Å²) in [5, 5.41) is 8.69. The molecule has 0 aliphatic carbocycles. The van der Waals surface area contributed by atoms with E-state index in [1.165, 1.54) is 19.1 Å². The molecule has 0 saturated heterocycles. The molecule has 4 aromatic rings. The Bertz CT molecular complexity index is 1840. The van der Waals surface area contributed by atoms with Crippen molar-refractivity contribution in [3.05, 3.63) is 79.4 Å². The normalized spacial score (nSPS) is 11.6. The van der Waals surface area contributed by atoms with Gasteiger partial charge in [0, 0.05) is 24.0 Å². The molecule has 0 amide bonds. The number of nitrogens with zero attached hydrogens (tertiary/aromatic N) is 1. The third kappa shape index (κ3) is 7.44. The third-order valence-corrected chi connectivity index (χ3v) is 5.99. The zero-order chi connectivity index (χ0) is 32.4. The van der Waals surface area contributed by atoms with E-state index in [-0.39, 0.29) is 34.2 Å². The molecule has 16 heteroatoms. The molecule has 2 aromatic carbocycles. The van der Waals surface area contributed by atoms with E-state index in [4.69, 9.17) is 9.84 Å². The molecular weight excluding hydrogens is 594 g/mol.